The highest BCUT2D eigenvalue weighted by atomic mass is 35.5. The van der Waals surface area contributed by atoms with Gasteiger partial charge in [0.05, 0.1) is 16.0 Å². The molecule has 1 aromatic rings. The molecule has 0 spiro atoms. The Kier molecular flexibility index (Phi) is 4.00. The molecule has 82 valence electrons. The smallest absolute Gasteiger partial charge is 0.313 e. The van der Waals surface area contributed by atoms with Crippen LogP contribution < -0.4 is 4.74 Å². The number of ether oxygens (including phenoxy) is 1. The second kappa shape index (κ2) is 4.86. The van der Waals surface area contributed by atoms with E-state index in [0.717, 1.165) is 5.56 Å². The number of rotatable bonds is 2. The predicted molar refractivity (Wildman–Crippen MR) is 61.7 cm³/mol. The number of hydrogen-bond acceptors (Lipinski definition) is 2. The third-order valence-corrected chi connectivity index (χ3v) is 2.38. The van der Waals surface area contributed by atoms with Crippen molar-refractivity contribution in [1.29, 1.82) is 0 Å². The molecule has 0 atom stereocenters. The zero-order valence-electron chi connectivity index (χ0n) is 8.80. The summed E-state index contributed by atoms with van der Waals surface area (Å²) in [5.74, 6) is -0.316. The van der Waals surface area contributed by atoms with Gasteiger partial charge < -0.3 is 4.74 Å². The Bertz CT molecular complexity index is 363. The molecule has 0 heterocycles. The maximum atomic E-state index is 11.4. The lowest BCUT2D eigenvalue weighted by Crippen LogP contribution is -2.15. The Labute approximate surface area is 99.1 Å². The number of hydrogen-bond donors (Lipinski definition) is 0. The van der Waals surface area contributed by atoms with E-state index >= 15 is 0 Å². The minimum absolute atomic E-state index is 0.210. The lowest BCUT2D eigenvalue weighted by molar-refractivity contribution is -0.137. The average Bonchev–Trinajstić information content (AvgIpc) is 2.10. The van der Waals surface area contributed by atoms with Crippen molar-refractivity contribution in [2.45, 2.75) is 20.8 Å². The second-order valence-corrected chi connectivity index (χ2v) is 4.45. The van der Waals surface area contributed by atoms with Crippen molar-refractivity contribution in [1.82, 2.24) is 0 Å². The molecule has 0 saturated carbocycles. The molecule has 0 unspecified atom stereocenters. The van der Waals surface area contributed by atoms with Crippen molar-refractivity contribution in [3.8, 4) is 5.75 Å². The predicted octanol–water partition coefficient (Wildman–Crippen LogP) is 3.86. The standard InChI is InChI=1S/C11H12Cl2O2/c1-6(2)11(14)15-10-8(12)4-7(3)5-9(10)13/h4-6H,1-3H3. The normalized spacial score (nSPS) is 10.5. The number of benzene rings is 1. The van der Waals surface area contributed by atoms with E-state index in [-0.39, 0.29) is 17.6 Å². The van der Waals surface area contributed by atoms with Gasteiger partial charge in [-0.05, 0) is 24.6 Å². The van der Waals surface area contributed by atoms with Crippen LogP contribution in [0.5, 0.6) is 5.75 Å². The molecule has 2 nitrogen and oxygen atoms in total. The Hall–Kier alpha value is -0.730. The SMILES string of the molecule is Cc1cc(Cl)c(OC(=O)C(C)C)c(Cl)c1. The minimum atomic E-state index is -0.345. The van der Waals surface area contributed by atoms with E-state index in [2.05, 4.69) is 0 Å². The van der Waals surface area contributed by atoms with Gasteiger partial charge in [-0.2, -0.15) is 0 Å². The van der Waals surface area contributed by atoms with Crippen molar-refractivity contribution < 1.29 is 9.53 Å². The second-order valence-electron chi connectivity index (χ2n) is 3.63. The van der Waals surface area contributed by atoms with E-state index in [4.69, 9.17) is 27.9 Å². The topological polar surface area (TPSA) is 26.3 Å². The molecule has 15 heavy (non-hydrogen) atoms. The molecule has 1 aromatic carbocycles. The molecule has 0 saturated heterocycles. The third-order valence-electron chi connectivity index (χ3n) is 1.82. The van der Waals surface area contributed by atoms with Gasteiger partial charge in [0.15, 0.2) is 5.75 Å². The highest BCUT2D eigenvalue weighted by Gasteiger charge is 2.15. The van der Waals surface area contributed by atoms with Crippen LogP contribution in [-0.2, 0) is 4.79 Å². The minimum Gasteiger partial charge on any atom is -0.423 e. The maximum absolute atomic E-state index is 11.4. The van der Waals surface area contributed by atoms with E-state index in [1.165, 1.54) is 0 Å². The summed E-state index contributed by atoms with van der Waals surface area (Å²) in [6.07, 6.45) is 0. The van der Waals surface area contributed by atoms with E-state index in [9.17, 15) is 4.79 Å². The van der Waals surface area contributed by atoms with Crippen LogP contribution >= 0.6 is 23.2 Å². The van der Waals surface area contributed by atoms with Crippen molar-refractivity contribution >= 4 is 29.2 Å². The molecule has 0 aliphatic rings. The molecule has 0 N–H and O–H groups in total. The first-order valence-corrected chi connectivity index (χ1v) is 5.34. The first-order valence-electron chi connectivity index (χ1n) is 4.59. The van der Waals surface area contributed by atoms with Crippen LogP contribution in [0.2, 0.25) is 10.0 Å². The lowest BCUT2D eigenvalue weighted by Gasteiger charge is -2.10. The number of halogens is 2. The Morgan fingerprint density at radius 2 is 1.73 bits per heavy atom. The third kappa shape index (κ3) is 3.11. The summed E-state index contributed by atoms with van der Waals surface area (Å²) in [5, 5.41) is 0.711. The quantitative estimate of drug-likeness (QED) is 0.585. The van der Waals surface area contributed by atoms with Gasteiger partial charge in [-0.25, -0.2) is 0 Å². The number of carbonyl (C=O) groups is 1. The zero-order valence-corrected chi connectivity index (χ0v) is 10.3. The van der Waals surface area contributed by atoms with Gasteiger partial charge in [0.1, 0.15) is 0 Å². The molecular formula is C11H12Cl2O2. The monoisotopic (exact) mass is 246 g/mol. The van der Waals surface area contributed by atoms with Crippen LogP contribution in [0.25, 0.3) is 0 Å². The van der Waals surface area contributed by atoms with Crippen LogP contribution in [0, 0.1) is 12.8 Å². The van der Waals surface area contributed by atoms with E-state index in [1.54, 1.807) is 26.0 Å². The van der Waals surface area contributed by atoms with E-state index in [1.807, 2.05) is 6.92 Å². The molecule has 0 aromatic heterocycles. The first-order chi connectivity index (χ1) is 6.91. The lowest BCUT2D eigenvalue weighted by atomic mass is 10.2. The highest BCUT2D eigenvalue weighted by Crippen LogP contribution is 2.34. The number of aryl methyl sites for hydroxylation is 1. The van der Waals surface area contributed by atoms with Crippen molar-refractivity contribution in [2.75, 3.05) is 0 Å². The summed E-state index contributed by atoms with van der Waals surface area (Å²) < 4.78 is 5.09. The number of carbonyl (C=O) groups excluding carboxylic acids is 1. The highest BCUT2D eigenvalue weighted by molar-refractivity contribution is 6.37. The van der Waals surface area contributed by atoms with Crippen LogP contribution in [0.3, 0.4) is 0 Å². The fraction of sp³-hybridized carbons (Fsp3) is 0.364. The van der Waals surface area contributed by atoms with Crippen LogP contribution in [0.1, 0.15) is 19.4 Å². The Morgan fingerprint density at radius 1 is 1.27 bits per heavy atom. The Balaban J connectivity index is 3.00. The summed E-state index contributed by atoms with van der Waals surface area (Å²) in [7, 11) is 0. The van der Waals surface area contributed by atoms with Gasteiger partial charge in [-0.3, -0.25) is 4.79 Å². The summed E-state index contributed by atoms with van der Waals surface area (Å²) in [6.45, 7) is 5.36. The van der Waals surface area contributed by atoms with Crippen molar-refractivity contribution in [3.05, 3.63) is 27.7 Å². The van der Waals surface area contributed by atoms with E-state index in [0.29, 0.717) is 10.0 Å². The van der Waals surface area contributed by atoms with Crippen LogP contribution in [-0.4, -0.2) is 5.97 Å². The summed E-state index contributed by atoms with van der Waals surface area (Å²) in [4.78, 5) is 11.4. The molecule has 4 heteroatoms. The van der Waals surface area contributed by atoms with E-state index < -0.39 is 0 Å². The average molecular weight is 247 g/mol. The molecule has 0 fully saturated rings. The fourth-order valence-electron chi connectivity index (χ4n) is 1.00. The fourth-order valence-corrected chi connectivity index (χ4v) is 1.68. The van der Waals surface area contributed by atoms with Crippen LogP contribution in [0.4, 0.5) is 0 Å². The molecule has 0 aliphatic carbocycles. The van der Waals surface area contributed by atoms with Gasteiger partial charge in [0, 0.05) is 0 Å². The Morgan fingerprint density at radius 3 is 2.13 bits per heavy atom. The molecule has 0 amide bonds. The number of esters is 1. The van der Waals surface area contributed by atoms with Gasteiger partial charge >= 0.3 is 5.97 Å². The first kappa shape index (κ1) is 12.3. The largest absolute Gasteiger partial charge is 0.423 e. The zero-order chi connectivity index (χ0) is 11.6. The summed E-state index contributed by atoms with van der Waals surface area (Å²) in [6, 6.07) is 3.41. The van der Waals surface area contributed by atoms with Gasteiger partial charge in [0.25, 0.3) is 0 Å². The van der Waals surface area contributed by atoms with Gasteiger partial charge in [-0.15, -0.1) is 0 Å². The summed E-state index contributed by atoms with van der Waals surface area (Å²) >= 11 is 11.8. The molecular weight excluding hydrogens is 235 g/mol. The van der Waals surface area contributed by atoms with Gasteiger partial charge in [0.2, 0.25) is 0 Å². The summed E-state index contributed by atoms with van der Waals surface area (Å²) in [5.41, 5.74) is 0.925. The molecule has 1 rings (SSSR count). The molecule has 0 radical (unpaired) electrons. The van der Waals surface area contributed by atoms with Gasteiger partial charge in [-0.1, -0.05) is 37.0 Å². The van der Waals surface area contributed by atoms with Crippen LogP contribution in [0.15, 0.2) is 12.1 Å². The van der Waals surface area contributed by atoms with Crippen molar-refractivity contribution in [3.63, 3.8) is 0 Å². The molecule has 0 aliphatic heterocycles. The molecule has 0 bridgehead atoms. The van der Waals surface area contributed by atoms with Crippen molar-refractivity contribution in [2.24, 2.45) is 5.92 Å². The maximum Gasteiger partial charge on any atom is 0.313 e.